The molecule has 10 heteroatoms. The second-order valence-corrected chi connectivity index (χ2v) is 11.4. The van der Waals surface area contributed by atoms with Gasteiger partial charge in [0.25, 0.3) is 5.91 Å². The second-order valence-electron chi connectivity index (χ2n) is 10.9. The fraction of sp³-hybridized carbons (Fsp3) is 0.303. The Hall–Kier alpha value is -4.50. The lowest BCUT2D eigenvalue weighted by atomic mass is 9.95. The number of methoxy groups -OCH3 is 1. The molecule has 1 fully saturated rings. The minimum Gasteiger partial charge on any atom is -0.495 e. The fourth-order valence-electron chi connectivity index (χ4n) is 6.22. The third-order valence-electron chi connectivity index (χ3n) is 8.55. The van der Waals surface area contributed by atoms with E-state index in [4.69, 9.17) is 16.3 Å². The van der Waals surface area contributed by atoms with Crippen LogP contribution in [0.2, 0.25) is 5.02 Å². The van der Waals surface area contributed by atoms with Gasteiger partial charge in [-0.05, 0) is 29.3 Å². The molecule has 43 heavy (non-hydrogen) atoms. The number of nitrogens with zero attached hydrogens (tertiary/aromatic N) is 4. The van der Waals surface area contributed by atoms with Gasteiger partial charge in [-0.2, -0.15) is 0 Å². The highest BCUT2D eigenvalue weighted by Crippen LogP contribution is 2.39. The van der Waals surface area contributed by atoms with Crippen molar-refractivity contribution in [2.75, 3.05) is 51.8 Å². The molecule has 4 amide bonds. The number of anilines is 1. The van der Waals surface area contributed by atoms with Gasteiger partial charge in [-0.3, -0.25) is 14.5 Å². The average molecular weight is 600 g/mol. The number of nitrogens with one attached hydrogen (secondary N) is 1. The van der Waals surface area contributed by atoms with Crippen LogP contribution in [0.5, 0.6) is 5.75 Å². The lowest BCUT2D eigenvalue weighted by Gasteiger charge is -2.39. The van der Waals surface area contributed by atoms with Crippen molar-refractivity contribution >= 4 is 35.1 Å². The summed E-state index contributed by atoms with van der Waals surface area (Å²) in [5.74, 6) is 0.422. The Morgan fingerprint density at radius 1 is 0.953 bits per heavy atom. The van der Waals surface area contributed by atoms with Gasteiger partial charge in [0.05, 0.1) is 36.7 Å². The number of benzene rings is 3. The van der Waals surface area contributed by atoms with Crippen molar-refractivity contribution in [3.05, 3.63) is 106 Å². The van der Waals surface area contributed by atoms with Gasteiger partial charge in [0.2, 0.25) is 5.91 Å². The van der Waals surface area contributed by atoms with E-state index in [9.17, 15) is 14.4 Å². The number of hydrogen-bond donors (Lipinski definition) is 1. The third kappa shape index (κ3) is 5.41. The molecule has 1 N–H and O–H groups in total. The molecular formula is C33H34ClN5O4. The van der Waals surface area contributed by atoms with E-state index in [1.54, 1.807) is 25.1 Å². The van der Waals surface area contributed by atoms with Gasteiger partial charge < -0.3 is 24.8 Å². The van der Waals surface area contributed by atoms with Crippen molar-refractivity contribution in [1.82, 2.24) is 20.0 Å². The monoisotopic (exact) mass is 599 g/mol. The highest BCUT2D eigenvalue weighted by atomic mass is 35.5. The van der Waals surface area contributed by atoms with E-state index in [1.807, 2.05) is 77.7 Å². The first-order valence-electron chi connectivity index (χ1n) is 14.4. The molecule has 0 saturated carbocycles. The Kier molecular flexibility index (Phi) is 7.99. The molecule has 0 aromatic heterocycles. The summed E-state index contributed by atoms with van der Waals surface area (Å²) < 4.78 is 5.56. The smallest absolute Gasteiger partial charge is 0.322 e. The number of hydrogen-bond acceptors (Lipinski definition) is 5. The van der Waals surface area contributed by atoms with Crippen LogP contribution in [0.15, 0.2) is 90.1 Å². The number of halogens is 1. The van der Waals surface area contributed by atoms with Gasteiger partial charge in [-0.1, -0.05) is 72.3 Å². The zero-order chi connectivity index (χ0) is 30.1. The summed E-state index contributed by atoms with van der Waals surface area (Å²) in [6.45, 7) is 2.47. The highest BCUT2D eigenvalue weighted by Gasteiger charge is 2.47. The normalized spacial score (nSPS) is 19.4. The first kappa shape index (κ1) is 28.6. The molecule has 1 saturated heterocycles. The van der Waals surface area contributed by atoms with E-state index in [2.05, 4.69) is 10.2 Å². The number of carbonyl (C=O) groups is 3. The fourth-order valence-corrected chi connectivity index (χ4v) is 6.47. The number of urea groups is 1. The standard InChI is InChI=1S/C33H34ClN5O4/c1-36-27-21-39(32(41)29(27)30(35-33(36)42)23-12-6-7-13-24(23)34)26(20-22-10-4-3-5-11-22)31(40)38-18-16-37(17-19-38)25-14-8-9-15-28(25)43-2/h3-15,26,30H,16-21H2,1-2H3,(H,35,42). The van der Waals surface area contributed by atoms with Crippen LogP contribution in [0.3, 0.4) is 0 Å². The molecule has 2 atom stereocenters. The molecule has 3 aromatic carbocycles. The predicted octanol–water partition coefficient (Wildman–Crippen LogP) is 4.10. The number of piperazine rings is 1. The maximum absolute atomic E-state index is 14.3. The van der Waals surface area contributed by atoms with E-state index >= 15 is 0 Å². The minimum atomic E-state index is -0.742. The lowest BCUT2D eigenvalue weighted by molar-refractivity contribution is -0.143. The van der Waals surface area contributed by atoms with Gasteiger partial charge in [0.15, 0.2) is 0 Å². The van der Waals surface area contributed by atoms with Gasteiger partial charge in [-0.15, -0.1) is 0 Å². The van der Waals surface area contributed by atoms with Crippen LogP contribution >= 0.6 is 11.6 Å². The number of likely N-dealkylation sites (N-methyl/N-ethyl adjacent to an activating group) is 1. The third-order valence-corrected chi connectivity index (χ3v) is 8.90. The van der Waals surface area contributed by atoms with Crippen LogP contribution in [0.4, 0.5) is 10.5 Å². The Balaban J connectivity index is 1.28. The van der Waals surface area contributed by atoms with Crippen LogP contribution in [0, 0.1) is 0 Å². The van der Waals surface area contributed by atoms with E-state index in [0.717, 1.165) is 17.0 Å². The summed E-state index contributed by atoms with van der Waals surface area (Å²) in [6, 6.07) is 23.0. The summed E-state index contributed by atoms with van der Waals surface area (Å²) in [5, 5.41) is 3.40. The summed E-state index contributed by atoms with van der Waals surface area (Å²) in [4.78, 5) is 48.7. The number of para-hydroxylation sites is 2. The summed E-state index contributed by atoms with van der Waals surface area (Å²) >= 11 is 6.53. The van der Waals surface area contributed by atoms with Crippen LogP contribution in [-0.2, 0) is 16.0 Å². The highest BCUT2D eigenvalue weighted by molar-refractivity contribution is 6.31. The van der Waals surface area contributed by atoms with E-state index < -0.39 is 12.1 Å². The van der Waals surface area contributed by atoms with Gasteiger partial charge in [-0.25, -0.2) is 4.79 Å². The van der Waals surface area contributed by atoms with Crippen molar-refractivity contribution in [2.45, 2.75) is 18.5 Å². The molecule has 0 aliphatic carbocycles. The summed E-state index contributed by atoms with van der Waals surface area (Å²) in [7, 11) is 3.31. The molecule has 0 spiro atoms. The molecule has 3 aliphatic rings. The van der Waals surface area contributed by atoms with Crippen molar-refractivity contribution in [1.29, 1.82) is 0 Å². The maximum atomic E-state index is 14.3. The van der Waals surface area contributed by atoms with Crippen molar-refractivity contribution in [2.24, 2.45) is 0 Å². The van der Waals surface area contributed by atoms with E-state index in [0.29, 0.717) is 54.5 Å². The first-order chi connectivity index (χ1) is 20.9. The van der Waals surface area contributed by atoms with Crippen LogP contribution in [-0.4, -0.2) is 85.5 Å². The predicted molar refractivity (Wildman–Crippen MR) is 165 cm³/mol. The van der Waals surface area contributed by atoms with E-state index in [-0.39, 0.29) is 24.4 Å². The average Bonchev–Trinajstić information content (AvgIpc) is 3.39. The number of amides is 4. The Morgan fingerprint density at radius 2 is 1.63 bits per heavy atom. The first-order valence-corrected chi connectivity index (χ1v) is 14.8. The minimum absolute atomic E-state index is 0.104. The second kappa shape index (κ2) is 12.0. The van der Waals surface area contributed by atoms with Crippen LogP contribution in [0.25, 0.3) is 0 Å². The van der Waals surface area contributed by atoms with Crippen molar-refractivity contribution in [3.63, 3.8) is 0 Å². The van der Waals surface area contributed by atoms with Gasteiger partial charge in [0.1, 0.15) is 11.8 Å². The summed E-state index contributed by atoms with van der Waals surface area (Å²) in [5.41, 5.74) is 3.63. The van der Waals surface area contributed by atoms with Gasteiger partial charge in [0, 0.05) is 44.7 Å². The Labute approximate surface area is 256 Å². The zero-order valence-corrected chi connectivity index (χ0v) is 25.0. The Bertz CT molecular complexity index is 1570. The van der Waals surface area contributed by atoms with Crippen molar-refractivity contribution < 1.29 is 19.1 Å². The molecule has 6 rings (SSSR count). The Morgan fingerprint density at radius 3 is 2.35 bits per heavy atom. The molecule has 0 radical (unpaired) electrons. The largest absolute Gasteiger partial charge is 0.495 e. The molecule has 3 heterocycles. The van der Waals surface area contributed by atoms with Crippen LogP contribution in [0.1, 0.15) is 17.2 Å². The van der Waals surface area contributed by atoms with Gasteiger partial charge >= 0.3 is 6.03 Å². The molecule has 3 aliphatic heterocycles. The molecule has 0 bridgehead atoms. The summed E-state index contributed by atoms with van der Waals surface area (Å²) in [6.07, 6.45) is 0.362. The maximum Gasteiger partial charge on any atom is 0.322 e. The molecule has 2 unspecified atom stereocenters. The molecule has 3 aromatic rings. The zero-order valence-electron chi connectivity index (χ0n) is 24.2. The molecule has 222 valence electrons. The van der Waals surface area contributed by atoms with Crippen LogP contribution < -0.4 is 15.0 Å². The van der Waals surface area contributed by atoms with Crippen molar-refractivity contribution in [3.8, 4) is 5.75 Å². The topological polar surface area (TPSA) is 85.4 Å². The molecular weight excluding hydrogens is 566 g/mol. The SMILES string of the molecule is COc1ccccc1N1CCN(C(=O)C(Cc2ccccc2)N2CC3=C(C2=O)C(c2ccccc2Cl)NC(=O)N3C)CC1. The number of ether oxygens (including phenoxy) is 1. The number of carbonyl (C=O) groups excluding carboxylic acids is 3. The number of rotatable bonds is 7. The quantitative estimate of drug-likeness (QED) is 0.442. The van der Waals surface area contributed by atoms with E-state index in [1.165, 1.54) is 4.90 Å². The lowest BCUT2D eigenvalue weighted by Crippen LogP contribution is -2.56. The molecule has 9 nitrogen and oxygen atoms in total.